The summed E-state index contributed by atoms with van der Waals surface area (Å²) in [6.07, 6.45) is -3.13. The molecule has 1 aromatic carbocycles. The number of hydrogen-bond donors (Lipinski definition) is 1. The Hall–Kier alpha value is -3.28. The fraction of sp³-hybridized carbons (Fsp3) is 0.593. The summed E-state index contributed by atoms with van der Waals surface area (Å²) in [5.41, 5.74) is -4.23. The highest BCUT2D eigenvalue weighted by molar-refractivity contribution is 7.91. The number of ether oxygens (including phenoxy) is 1. The molecule has 8 nitrogen and oxygen atoms in total. The monoisotopic (exact) mass is 622 g/mol. The number of carbonyl (C=O) groups is 1. The van der Waals surface area contributed by atoms with Gasteiger partial charge in [0.1, 0.15) is 15.7 Å². The van der Waals surface area contributed by atoms with Gasteiger partial charge in [-0.05, 0) is 49.8 Å². The van der Waals surface area contributed by atoms with Crippen molar-refractivity contribution in [3.8, 4) is 17.5 Å². The molecule has 42 heavy (non-hydrogen) atoms. The van der Waals surface area contributed by atoms with Crippen LogP contribution < -0.4 is 10.1 Å². The summed E-state index contributed by atoms with van der Waals surface area (Å²) < 4.78 is 112. The SMILES string of the molecule is CCc1nc(C(=O)NC[C@]2(C#N)CC[C@@H](S(C)(=O)=O)CC2)c(F)n1-c1ccc(CC(C)(C)C(F)(F)F)cc1OC(F)F. The van der Waals surface area contributed by atoms with Crippen LogP contribution in [0.15, 0.2) is 18.2 Å². The smallest absolute Gasteiger partial charge is 0.394 e. The second-order valence-corrected chi connectivity index (χ2v) is 13.5. The number of carbonyl (C=O) groups excluding carboxylic acids is 1. The third kappa shape index (κ3) is 7.19. The Morgan fingerprint density at radius 3 is 2.38 bits per heavy atom. The number of rotatable bonds is 10. The Kier molecular flexibility index (Phi) is 9.61. The van der Waals surface area contributed by atoms with Crippen LogP contribution in [-0.4, -0.2) is 54.7 Å². The van der Waals surface area contributed by atoms with Crippen molar-refractivity contribution in [2.45, 2.75) is 77.3 Å². The van der Waals surface area contributed by atoms with Gasteiger partial charge in [-0.25, -0.2) is 13.4 Å². The van der Waals surface area contributed by atoms with E-state index in [-0.39, 0.29) is 55.7 Å². The molecule has 0 spiro atoms. The second-order valence-electron chi connectivity index (χ2n) is 11.2. The Bertz CT molecular complexity index is 1460. The van der Waals surface area contributed by atoms with Gasteiger partial charge in [0.05, 0.1) is 27.8 Å². The Balaban J connectivity index is 1.91. The van der Waals surface area contributed by atoms with E-state index in [0.29, 0.717) is 0 Å². The lowest BCUT2D eigenvalue weighted by molar-refractivity contribution is -0.211. The number of nitrogens with one attached hydrogen (secondary N) is 1. The van der Waals surface area contributed by atoms with Crippen molar-refractivity contribution < 1.29 is 44.3 Å². The largest absolute Gasteiger partial charge is 0.433 e. The minimum Gasteiger partial charge on any atom is -0.433 e. The quantitative estimate of drug-likeness (QED) is 0.349. The predicted octanol–water partition coefficient (Wildman–Crippen LogP) is 5.53. The summed E-state index contributed by atoms with van der Waals surface area (Å²) in [5, 5.41) is 11.7. The van der Waals surface area contributed by atoms with E-state index >= 15 is 4.39 Å². The number of aryl methyl sites for hydroxylation is 1. The van der Waals surface area contributed by atoms with E-state index in [9.17, 15) is 40.4 Å². The molecule has 1 N–H and O–H groups in total. The zero-order chi connectivity index (χ0) is 31.7. The van der Waals surface area contributed by atoms with Crippen molar-refractivity contribution in [3.63, 3.8) is 0 Å². The maximum Gasteiger partial charge on any atom is 0.394 e. The molecule has 15 heteroatoms. The molecule has 1 fully saturated rings. The molecule has 0 bridgehead atoms. The fourth-order valence-electron chi connectivity index (χ4n) is 4.96. The van der Waals surface area contributed by atoms with Gasteiger partial charge < -0.3 is 10.1 Å². The van der Waals surface area contributed by atoms with E-state index in [1.54, 1.807) is 6.92 Å². The lowest BCUT2D eigenvalue weighted by Crippen LogP contribution is -2.41. The van der Waals surface area contributed by atoms with Gasteiger partial charge in [-0.3, -0.25) is 9.36 Å². The first kappa shape index (κ1) is 33.2. The molecule has 232 valence electrons. The van der Waals surface area contributed by atoms with Gasteiger partial charge in [-0.15, -0.1) is 0 Å². The van der Waals surface area contributed by atoms with Crippen LogP contribution in [0.25, 0.3) is 5.69 Å². The van der Waals surface area contributed by atoms with E-state index in [1.807, 2.05) is 0 Å². The number of sulfone groups is 1. The summed E-state index contributed by atoms with van der Waals surface area (Å²) in [6.45, 7) is -0.0982. The van der Waals surface area contributed by atoms with Crippen molar-refractivity contribution in [3.05, 3.63) is 41.2 Å². The van der Waals surface area contributed by atoms with Crippen LogP contribution in [0.3, 0.4) is 0 Å². The summed E-state index contributed by atoms with van der Waals surface area (Å²) in [4.78, 5) is 17.0. The normalized spacial score (nSPS) is 19.9. The number of alkyl halides is 5. The number of hydrogen-bond acceptors (Lipinski definition) is 6. The zero-order valence-electron chi connectivity index (χ0n) is 23.5. The van der Waals surface area contributed by atoms with Crippen LogP contribution in [0, 0.1) is 28.1 Å². The van der Waals surface area contributed by atoms with Crippen LogP contribution >= 0.6 is 0 Å². The Morgan fingerprint density at radius 2 is 1.88 bits per heavy atom. The molecule has 2 aromatic rings. The van der Waals surface area contributed by atoms with Gasteiger partial charge in [0.25, 0.3) is 5.91 Å². The minimum absolute atomic E-state index is 0.0145. The van der Waals surface area contributed by atoms with Gasteiger partial charge >= 0.3 is 12.8 Å². The molecular formula is C27H32F6N4O4S. The molecule has 1 aromatic heterocycles. The number of halogens is 6. The number of nitriles is 1. The first-order valence-corrected chi connectivity index (χ1v) is 15.1. The van der Waals surface area contributed by atoms with Crippen molar-refractivity contribution in [1.29, 1.82) is 5.26 Å². The number of benzene rings is 1. The van der Waals surface area contributed by atoms with Crippen LogP contribution in [0.4, 0.5) is 26.3 Å². The van der Waals surface area contributed by atoms with Gasteiger partial charge in [-0.2, -0.15) is 31.6 Å². The van der Waals surface area contributed by atoms with Crippen molar-refractivity contribution in [2.24, 2.45) is 10.8 Å². The van der Waals surface area contributed by atoms with Crippen LogP contribution in [-0.2, 0) is 22.7 Å². The van der Waals surface area contributed by atoms with Crippen LogP contribution in [0.5, 0.6) is 5.75 Å². The molecule has 0 atom stereocenters. The first-order chi connectivity index (χ1) is 19.3. The lowest BCUT2D eigenvalue weighted by atomic mass is 9.75. The summed E-state index contributed by atoms with van der Waals surface area (Å²) in [5.74, 6) is -2.87. The van der Waals surface area contributed by atoms with Gasteiger partial charge in [0, 0.05) is 19.2 Å². The predicted molar refractivity (Wildman–Crippen MR) is 141 cm³/mol. The standard InChI is InChI=1S/C27H32F6N4O4S/c1-5-20-36-21(23(38)35-15-26(14-34)10-8-17(9-11-26)42(4,39)40)22(28)37(20)18-7-6-16(12-19(18)41-24(29)30)13-25(2,3)27(31,32)33/h6-7,12,17,24H,5,8-11,13,15H2,1-4H3,(H,35,38)/t17-,26-. The second kappa shape index (κ2) is 12.1. The van der Waals surface area contributed by atoms with Gasteiger partial charge in [0.2, 0.25) is 5.95 Å². The number of aromatic nitrogens is 2. The maximum atomic E-state index is 15.7. The molecule has 0 saturated heterocycles. The fourth-order valence-corrected chi connectivity index (χ4v) is 6.05. The van der Waals surface area contributed by atoms with E-state index in [0.717, 1.165) is 36.8 Å². The summed E-state index contributed by atoms with van der Waals surface area (Å²) >= 11 is 0. The lowest BCUT2D eigenvalue weighted by Gasteiger charge is -2.34. The zero-order valence-corrected chi connectivity index (χ0v) is 24.3. The average molecular weight is 623 g/mol. The maximum absolute atomic E-state index is 15.7. The van der Waals surface area contributed by atoms with Crippen LogP contribution in [0.1, 0.15) is 68.3 Å². The number of imidazole rings is 1. The van der Waals surface area contributed by atoms with Crippen molar-refractivity contribution >= 4 is 15.7 Å². The molecule has 1 saturated carbocycles. The topological polar surface area (TPSA) is 114 Å². The third-order valence-electron chi connectivity index (χ3n) is 7.64. The van der Waals surface area contributed by atoms with Crippen molar-refractivity contribution in [2.75, 3.05) is 12.8 Å². The third-order valence-corrected chi connectivity index (χ3v) is 9.32. The Morgan fingerprint density at radius 1 is 1.26 bits per heavy atom. The highest BCUT2D eigenvalue weighted by atomic mass is 32.2. The molecule has 1 heterocycles. The van der Waals surface area contributed by atoms with E-state index in [2.05, 4.69) is 21.1 Å². The molecule has 3 rings (SSSR count). The molecule has 0 unspecified atom stereocenters. The molecule has 1 aliphatic rings. The van der Waals surface area contributed by atoms with Crippen LogP contribution in [0.2, 0.25) is 0 Å². The molecule has 1 aliphatic carbocycles. The number of nitrogens with zero attached hydrogens (tertiary/aromatic N) is 3. The first-order valence-electron chi connectivity index (χ1n) is 13.1. The Labute approximate surface area is 240 Å². The van der Waals surface area contributed by atoms with Gasteiger partial charge in [-0.1, -0.05) is 26.8 Å². The minimum atomic E-state index is -4.58. The molecule has 0 aliphatic heterocycles. The summed E-state index contributed by atoms with van der Waals surface area (Å²) in [7, 11) is -3.29. The van der Waals surface area contributed by atoms with E-state index in [1.165, 1.54) is 6.07 Å². The molecule has 1 amide bonds. The average Bonchev–Trinajstić information content (AvgIpc) is 3.22. The van der Waals surface area contributed by atoms with E-state index < -0.39 is 68.4 Å². The molecule has 0 radical (unpaired) electrons. The van der Waals surface area contributed by atoms with E-state index in [4.69, 9.17) is 0 Å². The molecular weight excluding hydrogens is 590 g/mol. The summed E-state index contributed by atoms with van der Waals surface area (Å²) in [6, 6.07) is 5.45. The highest BCUT2D eigenvalue weighted by Crippen LogP contribution is 2.41. The number of amides is 1. The van der Waals surface area contributed by atoms with Crippen molar-refractivity contribution in [1.82, 2.24) is 14.9 Å². The highest BCUT2D eigenvalue weighted by Gasteiger charge is 2.47. The van der Waals surface area contributed by atoms with Gasteiger partial charge in [0.15, 0.2) is 11.4 Å².